The summed E-state index contributed by atoms with van der Waals surface area (Å²) in [6, 6.07) is 14.8. The van der Waals surface area contributed by atoms with Crippen LogP contribution in [0, 0.1) is 0 Å². The number of amides is 3. The predicted molar refractivity (Wildman–Crippen MR) is 136 cm³/mol. The van der Waals surface area contributed by atoms with E-state index in [0.29, 0.717) is 39.9 Å². The standard InChI is InChI=1S/C23H23N5O4S2/c1-14(29)26-22-28-19(12-5-15-3-6-16(7-4-15)24-13-25-23(31)32)20(34-22)21(30)27-17-8-10-18(33-2)11-9-17/h3-4,6-11,13H,5,12H2,1-2H3,(H,24,25)(H,27,30)(H,31,32)(H,26,28,29). The van der Waals surface area contributed by atoms with Crippen LogP contribution < -0.4 is 16.0 Å². The number of nitrogens with zero attached hydrogens (tertiary/aromatic N) is 2. The normalized spacial score (nSPS) is 10.8. The van der Waals surface area contributed by atoms with Crippen LogP contribution in [-0.2, 0) is 17.6 Å². The third-order valence-corrected chi connectivity index (χ3v) is 6.28. The first-order valence-corrected chi connectivity index (χ1v) is 12.2. The maximum absolute atomic E-state index is 13.0. The summed E-state index contributed by atoms with van der Waals surface area (Å²) < 4.78 is 0. The van der Waals surface area contributed by atoms with E-state index in [1.54, 1.807) is 23.9 Å². The topological polar surface area (TPSA) is 133 Å². The van der Waals surface area contributed by atoms with Gasteiger partial charge in [0.05, 0.1) is 17.7 Å². The molecule has 3 amide bonds. The van der Waals surface area contributed by atoms with Crippen LogP contribution in [0.25, 0.3) is 0 Å². The molecular formula is C23H23N5O4S2. The van der Waals surface area contributed by atoms with Crippen molar-refractivity contribution in [3.05, 3.63) is 64.7 Å². The molecule has 9 nitrogen and oxygen atoms in total. The van der Waals surface area contributed by atoms with Gasteiger partial charge in [-0.05, 0) is 61.1 Å². The highest BCUT2D eigenvalue weighted by molar-refractivity contribution is 7.98. The average molecular weight is 498 g/mol. The lowest BCUT2D eigenvalue weighted by molar-refractivity contribution is -0.114. The highest BCUT2D eigenvalue weighted by atomic mass is 32.2. The van der Waals surface area contributed by atoms with Crippen molar-refractivity contribution in [2.45, 2.75) is 24.7 Å². The summed E-state index contributed by atoms with van der Waals surface area (Å²) in [5.74, 6) is -0.537. The van der Waals surface area contributed by atoms with E-state index in [2.05, 4.69) is 25.9 Å². The van der Waals surface area contributed by atoms with Gasteiger partial charge < -0.3 is 15.7 Å². The van der Waals surface area contributed by atoms with E-state index >= 15 is 0 Å². The number of carbonyl (C=O) groups is 3. The van der Waals surface area contributed by atoms with Gasteiger partial charge in [0, 0.05) is 17.5 Å². The van der Waals surface area contributed by atoms with Gasteiger partial charge in [0.15, 0.2) is 5.13 Å². The zero-order valence-electron chi connectivity index (χ0n) is 18.5. The van der Waals surface area contributed by atoms with Gasteiger partial charge in [-0.25, -0.2) is 14.8 Å². The Morgan fingerprint density at radius 2 is 1.76 bits per heavy atom. The maximum atomic E-state index is 13.0. The van der Waals surface area contributed by atoms with Gasteiger partial charge >= 0.3 is 6.09 Å². The van der Waals surface area contributed by atoms with E-state index in [9.17, 15) is 14.4 Å². The molecule has 0 unspecified atom stereocenters. The van der Waals surface area contributed by atoms with Gasteiger partial charge in [-0.1, -0.05) is 23.5 Å². The Balaban J connectivity index is 1.71. The summed E-state index contributed by atoms with van der Waals surface area (Å²) in [6.45, 7) is 1.39. The van der Waals surface area contributed by atoms with Crippen LogP contribution in [-0.4, -0.2) is 40.6 Å². The van der Waals surface area contributed by atoms with Crippen molar-refractivity contribution < 1.29 is 19.5 Å². The Labute approximate surface area is 204 Å². The molecule has 0 atom stereocenters. The Bertz CT molecular complexity index is 1190. The second-order valence-electron chi connectivity index (χ2n) is 7.03. The highest BCUT2D eigenvalue weighted by Crippen LogP contribution is 2.26. The molecule has 0 radical (unpaired) electrons. The summed E-state index contributed by atoms with van der Waals surface area (Å²) in [7, 11) is 0. The molecule has 1 aromatic heterocycles. The number of aryl methyl sites for hydroxylation is 2. The second kappa shape index (κ2) is 12.0. The molecule has 1 heterocycles. The van der Waals surface area contributed by atoms with Gasteiger partial charge in [-0.15, -0.1) is 11.8 Å². The highest BCUT2D eigenvalue weighted by Gasteiger charge is 2.19. The zero-order chi connectivity index (χ0) is 24.5. The molecule has 3 rings (SSSR count). The van der Waals surface area contributed by atoms with Gasteiger partial charge in [-0.3, -0.25) is 14.9 Å². The number of thioether (sulfide) groups is 1. The van der Waals surface area contributed by atoms with Crippen LogP contribution in [0.1, 0.15) is 27.9 Å². The molecule has 4 N–H and O–H groups in total. The quantitative estimate of drug-likeness (QED) is 0.191. The number of aromatic nitrogens is 1. The Morgan fingerprint density at radius 3 is 2.38 bits per heavy atom. The van der Waals surface area contributed by atoms with E-state index in [-0.39, 0.29) is 11.8 Å². The first kappa shape index (κ1) is 24.9. The summed E-state index contributed by atoms with van der Waals surface area (Å²) >= 11 is 2.76. The molecule has 0 aliphatic heterocycles. The van der Waals surface area contributed by atoms with Crippen molar-refractivity contribution in [2.24, 2.45) is 4.99 Å². The van der Waals surface area contributed by atoms with Crippen LogP contribution in [0.3, 0.4) is 0 Å². The molecule has 34 heavy (non-hydrogen) atoms. The minimum atomic E-state index is -1.18. The van der Waals surface area contributed by atoms with Crippen molar-refractivity contribution in [2.75, 3.05) is 16.9 Å². The van der Waals surface area contributed by atoms with E-state index in [1.165, 1.54) is 6.92 Å². The molecular weight excluding hydrogens is 474 g/mol. The summed E-state index contributed by atoms with van der Waals surface area (Å²) in [4.78, 5) is 44.9. The first-order chi connectivity index (χ1) is 16.3. The molecule has 0 saturated heterocycles. The van der Waals surface area contributed by atoms with E-state index in [4.69, 9.17) is 5.11 Å². The van der Waals surface area contributed by atoms with Gasteiger partial charge in [-0.2, -0.15) is 0 Å². The number of hydrogen-bond donors (Lipinski definition) is 4. The molecule has 0 fully saturated rings. The number of carbonyl (C=O) groups excluding carboxylic acids is 2. The number of thiazole rings is 1. The molecule has 2 aromatic carbocycles. The Morgan fingerprint density at radius 1 is 1.06 bits per heavy atom. The number of aliphatic imine (C=N–C) groups is 1. The lowest BCUT2D eigenvalue weighted by atomic mass is 10.1. The fourth-order valence-electron chi connectivity index (χ4n) is 2.94. The largest absolute Gasteiger partial charge is 0.465 e. The van der Waals surface area contributed by atoms with Crippen LogP contribution in [0.2, 0.25) is 0 Å². The number of hydrogen-bond acceptors (Lipinski definition) is 7. The second-order valence-corrected chi connectivity index (χ2v) is 8.91. The lowest BCUT2D eigenvalue weighted by Crippen LogP contribution is -2.17. The SMILES string of the molecule is CSc1ccc(NC(=O)c2sc(NC(C)=O)nc2CCc2ccc(N=CNC(=O)O)cc2)cc1. The fraction of sp³-hybridized carbons (Fsp3) is 0.174. The van der Waals surface area contributed by atoms with Gasteiger partial charge in [0.25, 0.3) is 5.91 Å². The molecule has 0 bridgehead atoms. The molecule has 0 aliphatic carbocycles. The summed E-state index contributed by atoms with van der Waals surface area (Å²) in [5, 5.41) is 16.6. The van der Waals surface area contributed by atoms with Gasteiger partial charge in [0.2, 0.25) is 5.91 Å². The van der Waals surface area contributed by atoms with Gasteiger partial charge in [0.1, 0.15) is 4.88 Å². The molecule has 176 valence electrons. The Hall–Kier alpha value is -3.70. The van der Waals surface area contributed by atoms with Crippen molar-refractivity contribution in [1.82, 2.24) is 10.3 Å². The third kappa shape index (κ3) is 7.42. The maximum Gasteiger partial charge on any atom is 0.409 e. The van der Waals surface area contributed by atoms with Crippen molar-refractivity contribution >= 4 is 63.9 Å². The van der Waals surface area contributed by atoms with Crippen LogP contribution in [0.15, 0.2) is 58.4 Å². The number of anilines is 2. The molecule has 11 heteroatoms. The average Bonchev–Trinajstić information content (AvgIpc) is 3.21. The van der Waals surface area contributed by atoms with Crippen molar-refractivity contribution in [3.8, 4) is 0 Å². The Kier molecular flexibility index (Phi) is 8.77. The molecule has 0 spiro atoms. The summed E-state index contributed by atoms with van der Waals surface area (Å²) in [5.41, 5.74) is 2.88. The van der Waals surface area contributed by atoms with Crippen molar-refractivity contribution in [1.29, 1.82) is 0 Å². The number of nitrogens with one attached hydrogen (secondary N) is 3. The van der Waals surface area contributed by atoms with Crippen LogP contribution in [0.5, 0.6) is 0 Å². The summed E-state index contributed by atoms with van der Waals surface area (Å²) in [6.07, 6.45) is 3.02. The fourth-order valence-corrected chi connectivity index (χ4v) is 4.30. The van der Waals surface area contributed by atoms with E-state index < -0.39 is 6.09 Å². The smallest absolute Gasteiger partial charge is 0.409 e. The van der Waals surface area contributed by atoms with Crippen LogP contribution >= 0.6 is 23.1 Å². The first-order valence-electron chi connectivity index (χ1n) is 10.2. The van der Waals surface area contributed by atoms with E-state index in [1.807, 2.05) is 42.7 Å². The lowest BCUT2D eigenvalue weighted by Gasteiger charge is -2.06. The third-order valence-electron chi connectivity index (χ3n) is 4.52. The number of rotatable bonds is 9. The van der Waals surface area contributed by atoms with Crippen molar-refractivity contribution in [3.63, 3.8) is 0 Å². The molecule has 0 aliphatic rings. The molecule has 3 aromatic rings. The zero-order valence-corrected chi connectivity index (χ0v) is 20.1. The van der Waals surface area contributed by atoms with E-state index in [0.717, 1.165) is 28.1 Å². The molecule has 0 saturated carbocycles. The van der Waals surface area contributed by atoms with Crippen LogP contribution in [0.4, 0.5) is 21.3 Å². The minimum Gasteiger partial charge on any atom is -0.465 e. The predicted octanol–water partition coefficient (Wildman–Crippen LogP) is 4.79. The number of carboxylic acid groups (broad SMARTS) is 1. The monoisotopic (exact) mass is 497 g/mol. The number of benzene rings is 2. The minimum absolute atomic E-state index is 0.256.